The first-order chi connectivity index (χ1) is 12.6. The van der Waals surface area contributed by atoms with Gasteiger partial charge in [0.1, 0.15) is 30.8 Å². The molecule has 2 N–H and O–H groups in total. The van der Waals surface area contributed by atoms with Crippen LogP contribution in [0.25, 0.3) is 0 Å². The van der Waals surface area contributed by atoms with Crippen LogP contribution < -0.4 is 14.8 Å². The van der Waals surface area contributed by atoms with Gasteiger partial charge in [0.2, 0.25) is 0 Å². The molecule has 2 aliphatic rings. The Hall–Kier alpha value is -3.28. The maximum Gasteiger partial charge on any atom is 0.326 e. The van der Waals surface area contributed by atoms with E-state index >= 15 is 0 Å². The van der Waals surface area contributed by atoms with Gasteiger partial charge in [0.15, 0.2) is 0 Å². The Kier molecular flexibility index (Phi) is 5.53. The summed E-state index contributed by atoms with van der Waals surface area (Å²) in [7, 11) is 0. The zero-order valence-corrected chi connectivity index (χ0v) is 14.1. The quantitative estimate of drug-likeness (QED) is 0.769. The molecule has 0 saturated heterocycles. The first-order valence-electron chi connectivity index (χ1n) is 8.26. The van der Waals surface area contributed by atoms with Crippen molar-refractivity contribution < 1.29 is 24.2 Å². The van der Waals surface area contributed by atoms with Crippen LogP contribution in [0.3, 0.4) is 0 Å². The number of hydrogen-bond acceptors (Lipinski definition) is 4. The maximum atomic E-state index is 12.6. The Morgan fingerprint density at radius 1 is 1.00 bits per heavy atom. The van der Waals surface area contributed by atoms with Crippen LogP contribution >= 0.6 is 0 Å². The number of aliphatic carboxylic acids is 1. The largest absolute Gasteiger partial charge is 0.490 e. The van der Waals surface area contributed by atoms with E-state index < -0.39 is 17.9 Å². The highest BCUT2D eigenvalue weighted by Crippen LogP contribution is 2.19. The zero-order chi connectivity index (χ0) is 18.4. The summed E-state index contributed by atoms with van der Waals surface area (Å²) < 4.78 is 11.2. The summed E-state index contributed by atoms with van der Waals surface area (Å²) in [5.41, 5.74) is 1.09. The van der Waals surface area contributed by atoms with Crippen LogP contribution in [0.2, 0.25) is 0 Å². The second-order valence-corrected chi connectivity index (χ2v) is 5.80. The topological polar surface area (TPSA) is 84.9 Å². The van der Waals surface area contributed by atoms with Gasteiger partial charge in [0.05, 0.1) is 5.56 Å². The van der Waals surface area contributed by atoms with Crippen LogP contribution in [-0.4, -0.2) is 36.2 Å². The van der Waals surface area contributed by atoms with E-state index in [9.17, 15) is 14.7 Å². The molecule has 2 bridgehead atoms. The van der Waals surface area contributed by atoms with Crippen LogP contribution in [-0.2, 0) is 11.2 Å². The summed E-state index contributed by atoms with van der Waals surface area (Å²) >= 11 is 0. The van der Waals surface area contributed by atoms with E-state index in [0.29, 0.717) is 23.7 Å². The normalized spacial score (nSPS) is 17.5. The summed E-state index contributed by atoms with van der Waals surface area (Å²) in [4.78, 5) is 24.2. The molecule has 4 rings (SSSR count). The number of carboxylic acid groups (broad SMARTS) is 1. The van der Waals surface area contributed by atoms with Crippen molar-refractivity contribution in [1.29, 1.82) is 0 Å². The molecule has 0 saturated carbocycles. The lowest BCUT2D eigenvalue weighted by molar-refractivity contribution is -0.139. The lowest BCUT2D eigenvalue weighted by Crippen LogP contribution is -2.42. The molecule has 1 atom stereocenters. The molecule has 0 aromatic heterocycles. The second kappa shape index (κ2) is 8.20. The van der Waals surface area contributed by atoms with Gasteiger partial charge in [0, 0.05) is 6.42 Å². The van der Waals surface area contributed by atoms with E-state index in [4.69, 9.17) is 9.47 Å². The molecule has 0 unspecified atom stereocenters. The third kappa shape index (κ3) is 4.42. The molecule has 6 heteroatoms. The fourth-order valence-electron chi connectivity index (χ4n) is 2.59. The van der Waals surface area contributed by atoms with Gasteiger partial charge in [-0.2, -0.15) is 0 Å². The van der Waals surface area contributed by atoms with E-state index in [0.717, 1.165) is 5.56 Å². The van der Waals surface area contributed by atoms with Gasteiger partial charge in [-0.15, -0.1) is 0 Å². The van der Waals surface area contributed by atoms with Crippen LogP contribution in [0.5, 0.6) is 11.5 Å². The lowest BCUT2D eigenvalue weighted by atomic mass is 10.0. The summed E-state index contributed by atoms with van der Waals surface area (Å²) in [6.07, 6.45) is 3.81. The minimum atomic E-state index is -1.10. The molecule has 2 aromatic carbocycles. The minimum absolute atomic E-state index is 0.171. The summed E-state index contributed by atoms with van der Waals surface area (Å²) in [6.45, 7) is 0.664. The van der Waals surface area contributed by atoms with E-state index in [1.807, 2.05) is 6.08 Å². The number of benzene rings is 2. The summed E-state index contributed by atoms with van der Waals surface area (Å²) in [5.74, 6) is -0.493. The van der Waals surface area contributed by atoms with Gasteiger partial charge in [-0.25, -0.2) is 4.79 Å². The third-order valence-corrected chi connectivity index (χ3v) is 3.95. The van der Waals surface area contributed by atoms with Crippen LogP contribution in [0, 0.1) is 0 Å². The van der Waals surface area contributed by atoms with Gasteiger partial charge in [0.25, 0.3) is 5.91 Å². The van der Waals surface area contributed by atoms with Gasteiger partial charge in [-0.3, -0.25) is 4.79 Å². The highest BCUT2D eigenvalue weighted by Gasteiger charge is 2.23. The number of carbonyl (C=O) groups excluding carboxylic acids is 1. The van der Waals surface area contributed by atoms with Crippen molar-refractivity contribution in [1.82, 2.24) is 5.32 Å². The molecule has 1 amide bonds. The fourth-order valence-corrected chi connectivity index (χ4v) is 2.59. The van der Waals surface area contributed by atoms with E-state index in [1.54, 1.807) is 54.6 Å². The fraction of sp³-hybridized carbons (Fsp3) is 0.200. The molecular weight excluding hydrogens is 334 g/mol. The molecule has 6 nitrogen and oxygen atoms in total. The Bertz CT molecular complexity index is 813. The van der Waals surface area contributed by atoms with Gasteiger partial charge in [-0.05, 0) is 42.0 Å². The average Bonchev–Trinajstić information content (AvgIpc) is 2.64. The number of nitrogens with one attached hydrogen (secondary N) is 1. The number of carboxylic acids is 1. The molecule has 26 heavy (non-hydrogen) atoms. The number of ether oxygens (including phenoxy) is 2. The van der Waals surface area contributed by atoms with Crippen molar-refractivity contribution in [2.45, 2.75) is 12.5 Å². The van der Waals surface area contributed by atoms with Crippen LogP contribution in [0.4, 0.5) is 0 Å². The predicted molar refractivity (Wildman–Crippen MR) is 95.6 cm³/mol. The lowest BCUT2D eigenvalue weighted by Gasteiger charge is -2.17. The standard InChI is InChI=1S/C20H19NO5/c22-19-16-5-1-2-6-18(16)26-12-4-3-11-25-15-9-7-14(8-10-15)13-17(21-19)20(23)24/h1-10,17H,11-13H2,(H,21,22)(H,23,24)/t17-/m0/s1. The van der Waals surface area contributed by atoms with Crippen molar-refractivity contribution in [2.75, 3.05) is 13.2 Å². The number of fused-ring (bicyclic) bond motifs is 9. The van der Waals surface area contributed by atoms with E-state index in [1.165, 1.54) is 0 Å². The zero-order valence-electron chi connectivity index (χ0n) is 14.1. The SMILES string of the molecule is O=C1N[C@H](C(=O)O)Cc2ccc(cc2)OCC=CCOc2ccccc21. The number of amides is 1. The Morgan fingerprint density at radius 2 is 1.69 bits per heavy atom. The minimum Gasteiger partial charge on any atom is -0.490 e. The smallest absolute Gasteiger partial charge is 0.326 e. The molecule has 2 aromatic rings. The van der Waals surface area contributed by atoms with Crippen molar-refractivity contribution in [2.24, 2.45) is 0 Å². The van der Waals surface area contributed by atoms with Gasteiger partial charge >= 0.3 is 5.97 Å². The first-order valence-corrected chi connectivity index (χ1v) is 8.26. The number of para-hydroxylation sites is 1. The molecule has 0 radical (unpaired) electrons. The summed E-state index contributed by atoms with van der Waals surface area (Å²) in [5, 5.41) is 12.0. The second-order valence-electron chi connectivity index (χ2n) is 5.80. The summed E-state index contributed by atoms with van der Waals surface area (Å²) in [6, 6.07) is 12.8. The molecule has 0 aliphatic carbocycles. The third-order valence-electron chi connectivity index (χ3n) is 3.95. The first kappa shape index (κ1) is 17.5. The van der Waals surface area contributed by atoms with Crippen LogP contribution in [0.1, 0.15) is 15.9 Å². The number of hydrogen-bond donors (Lipinski definition) is 2. The maximum absolute atomic E-state index is 12.6. The Labute approximate surface area is 151 Å². The van der Waals surface area contributed by atoms with Crippen molar-refractivity contribution in [3.05, 3.63) is 71.8 Å². The highest BCUT2D eigenvalue weighted by molar-refractivity contribution is 5.99. The van der Waals surface area contributed by atoms with Crippen molar-refractivity contribution in [3.63, 3.8) is 0 Å². The molecule has 134 valence electrons. The van der Waals surface area contributed by atoms with Gasteiger partial charge < -0.3 is 19.9 Å². The molecule has 0 fully saturated rings. The molecular formula is C20H19NO5. The number of carbonyl (C=O) groups is 2. The van der Waals surface area contributed by atoms with Crippen molar-refractivity contribution >= 4 is 11.9 Å². The van der Waals surface area contributed by atoms with E-state index in [2.05, 4.69) is 5.32 Å². The number of rotatable bonds is 1. The predicted octanol–water partition coefficient (Wildman–Crippen LogP) is 2.44. The monoisotopic (exact) mass is 353 g/mol. The van der Waals surface area contributed by atoms with Crippen molar-refractivity contribution in [3.8, 4) is 11.5 Å². The molecule has 0 spiro atoms. The van der Waals surface area contributed by atoms with Crippen LogP contribution in [0.15, 0.2) is 60.7 Å². The Balaban J connectivity index is 1.90. The molecule has 2 aliphatic heterocycles. The molecule has 2 heterocycles. The Morgan fingerprint density at radius 3 is 2.42 bits per heavy atom. The average molecular weight is 353 g/mol. The van der Waals surface area contributed by atoms with Gasteiger partial charge in [-0.1, -0.05) is 24.3 Å². The highest BCUT2D eigenvalue weighted by atomic mass is 16.5. The van der Waals surface area contributed by atoms with E-state index in [-0.39, 0.29) is 13.0 Å².